The van der Waals surface area contributed by atoms with Crippen LogP contribution in [-0.2, 0) is 0 Å². The van der Waals surface area contributed by atoms with Crippen molar-refractivity contribution in [3.8, 4) is 5.75 Å². The molecule has 2 nitrogen and oxygen atoms in total. The predicted octanol–water partition coefficient (Wildman–Crippen LogP) is 5.76. The Labute approximate surface area is 145 Å². The summed E-state index contributed by atoms with van der Waals surface area (Å²) >= 11 is 0. The van der Waals surface area contributed by atoms with Crippen LogP contribution in [0.3, 0.4) is 0 Å². The molecule has 0 aliphatic carbocycles. The van der Waals surface area contributed by atoms with Gasteiger partial charge in [-0.05, 0) is 35.1 Å². The van der Waals surface area contributed by atoms with E-state index in [1.165, 1.54) is 0 Å². The molecule has 128 valence electrons. The number of hydrogen-bond donors (Lipinski definition) is 0. The summed E-state index contributed by atoms with van der Waals surface area (Å²) < 4.78 is 6.27. The van der Waals surface area contributed by atoms with Crippen molar-refractivity contribution in [3.05, 3.63) is 65.7 Å². The van der Waals surface area contributed by atoms with E-state index in [0.29, 0.717) is 11.1 Å². The SMILES string of the molecule is CC(C)(C)C(Oc1ccc(C(=O)c2ccccc2)cc1)C(C)(C)C. The topological polar surface area (TPSA) is 26.3 Å². The molecule has 0 radical (unpaired) electrons. The molecule has 0 spiro atoms. The summed E-state index contributed by atoms with van der Waals surface area (Å²) in [6, 6.07) is 16.8. The second kappa shape index (κ2) is 6.80. The van der Waals surface area contributed by atoms with Gasteiger partial charge in [0, 0.05) is 11.1 Å². The maximum absolute atomic E-state index is 12.5. The third-order valence-electron chi connectivity index (χ3n) is 3.98. The zero-order chi connectivity index (χ0) is 18.0. The lowest BCUT2D eigenvalue weighted by molar-refractivity contribution is -0.00170. The van der Waals surface area contributed by atoms with Gasteiger partial charge in [0.05, 0.1) is 0 Å². The van der Waals surface area contributed by atoms with Gasteiger partial charge in [-0.1, -0.05) is 71.9 Å². The van der Waals surface area contributed by atoms with Crippen molar-refractivity contribution in [2.45, 2.75) is 47.6 Å². The van der Waals surface area contributed by atoms with Crippen molar-refractivity contribution in [1.82, 2.24) is 0 Å². The van der Waals surface area contributed by atoms with E-state index >= 15 is 0 Å². The van der Waals surface area contributed by atoms with Crippen LogP contribution in [0.1, 0.15) is 57.5 Å². The first kappa shape index (κ1) is 18.3. The van der Waals surface area contributed by atoms with Crippen molar-refractivity contribution in [2.75, 3.05) is 0 Å². The molecule has 0 unspecified atom stereocenters. The average Bonchev–Trinajstić information content (AvgIpc) is 2.51. The molecule has 0 aliphatic heterocycles. The maximum atomic E-state index is 12.5. The highest BCUT2D eigenvalue weighted by molar-refractivity contribution is 6.08. The van der Waals surface area contributed by atoms with Crippen molar-refractivity contribution in [3.63, 3.8) is 0 Å². The van der Waals surface area contributed by atoms with E-state index in [1.54, 1.807) is 0 Å². The predicted molar refractivity (Wildman–Crippen MR) is 99.6 cm³/mol. The number of carbonyl (C=O) groups excluding carboxylic acids is 1. The number of carbonyl (C=O) groups is 1. The van der Waals surface area contributed by atoms with Crippen molar-refractivity contribution >= 4 is 5.78 Å². The second-order valence-corrected chi connectivity index (χ2v) is 8.45. The Morgan fingerprint density at radius 3 is 1.67 bits per heavy atom. The first-order valence-electron chi connectivity index (χ1n) is 8.45. The molecule has 0 aromatic heterocycles. The van der Waals surface area contributed by atoms with E-state index in [0.717, 1.165) is 5.75 Å². The largest absolute Gasteiger partial charge is 0.489 e. The molecule has 0 saturated heterocycles. The molecule has 0 aliphatic rings. The standard InChI is InChI=1S/C22H28O2/c1-21(2,3)20(22(4,5)6)24-18-14-12-17(13-15-18)19(23)16-10-8-7-9-11-16/h7-15,20H,1-6H3. The normalized spacial score (nSPS) is 12.3. The lowest BCUT2D eigenvalue weighted by Crippen LogP contribution is -2.42. The highest BCUT2D eigenvalue weighted by Gasteiger charge is 2.36. The van der Waals surface area contributed by atoms with Gasteiger partial charge in [-0.25, -0.2) is 0 Å². The Balaban J connectivity index is 2.19. The third-order valence-corrected chi connectivity index (χ3v) is 3.98. The molecule has 2 heteroatoms. The average molecular weight is 324 g/mol. The van der Waals surface area contributed by atoms with E-state index in [2.05, 4.69) is 41.5 Å². The van der Waals surface area contributed by atoms with Gasteiger partial charge >= 0.3 is 0 Å². The van der Waals surface area contributed by atoms with Crippen LogP contribution < -0.4 is 4.74 Å². The Morgan fingerprint density at radius 2 is 1.21 bits per heavy atom. The fraction of sp³-hybridized carbons (Fsp3) is 0.409. The van der Waals surface area contributed by atoms with Crippen LogP contribution in [0.2, 0.25) is 0 Å². The van der Waals surface area contributed by atoms with Gasteiger partial charge in [0.15, 0.2) is 5.78 Å². The summed E-state index contributed by atoms with van der Waals surface area (Å²) in [4.78, 5) is 12.5. The minimum atomic E-state index is 0.0246. The molecule has 2 aromatic rings. The molecule has 0 atom stereocenters. The monoisotopic (exact) mass is 324 g/mol. The van der Waals surface area contributed by atoms with Crippen LogP contribution in [0.5, 0.6) is 5.75 Å². The van der Waals surface area contributed by atoms with E-state index in [1.807, 2.05) is 54.6 Å². The van der Waals surface area contributed by atoms with Gasteiger partial charge < -0.3 is 4.74 Å². The van der Waals surface area contributed by atoms with Crippen molar-refractivity contribution in [1.29, 1.82) is 0 Å². The van der Waals surface area contributed by atoms with Crippen LogP contribution >= 0.6 is 0 Å². The minimum Gasteiger partial charge on any atom is -0.489 e. The summed E-state index contributed by atoms with van der Waals surface area (Å²) in [5.74, 6) is 0.833. The first-order valence-corrected chi connectivity index (χ1v) is 8.45. The Morgan fingerprint density at radius 1 is 0.750 bits per heavy atom. The second-order valence-electron chi connectivity index (χ2n) is 8.45. The van der Waals surface area contributed by atoms with E-state index < -0.39 is 0 Å². The maximum Gasteiger partial charge on any atom is 0.193 e. The molecular formula is C22H28O2. The summed E-state index contributed by atoms with van der Waals surface area (Å²) in [5.41, 5.74) is 1.43. The van der Waals surface area contributed by atoms with Gasteiger partial charge in [-0.2, -0.15) is 0 Å². The quantitative estimate of drug-likeness (QED) is 0.669. The van der Waals surface area contributed by atoms with Gasteiger partial charge in [0.25, 0.3) is 0 Å². The minimum absolute atomic E-state index is 0.0246. The zero-order valence-corrected chi connectivity index (χ0v) is 15.6. The number of rotatable bonds is 4. The zero-order valence-electron chi connectivity index (χ0n) is 15.6. The lowest BCUT2D eigenvalue weighted by Gasteiger charge is -2.40. The third kappa shape index (κ3) is 4.47. The van der Waals surface area contributed by atoms with Crippen LogP contribution in [-0.4, -0.2) is 11.9 Å². The summed E-state index contributed by atoms with van der Waals surface area (Å²) in [6.07, 6.45) is 0.0701. The number of ether oxygens (including phenoxy) is 1. The fourth-order valence-electron chi connectivity index (χ4n) is 3.23. The molecular weight excluding hydrogens is 296 g/mol. The number of ketones is 1. The van der Waals surface area contributed by atoms with Crippen LogP contribution in [0.15, 0.2) is 54.6 Å². The molecule has 2 rings (SSSR count). The highest BCUT2D eigenvalue weighted by atomic mass is 16.5. The molecule has 0 fully saturated rings. The molecule has 0 heterocycles. The smallest absolute Gasteiger partial charge is 0.193 e. The van der Waals surface area contributed by atoms with Gasteiger partial charge in [-0.15, -0.1) is 0 Å². The molecule has 2 aromatic carbocycles. The van der Waals surface area contributed by atoms with E-state index in [-0.39, 0.29) is 22.7 Å². The van der Waals surface area contributed by atoms with Crippen LogP contribution in [0, 0.1) is 10.8 Å². The summed E-state index contributed by atoms with van der Waals surface area (Å²) in [6.45, 7) is 13.1. The molecule has 0 bridgehead atoms. The summed E-state index contributed by atoms with van der Waals surface area (Å²) in [5, 5.41) is 0. The molecule has 0 amide bonds. The first-order chi connectivity index (χ1) is 11.1. The van der Waals surface area contributed by atoms with Gasteiger partial charge in [0.2, 0.25) is 0 Å². The lowest BCUT2D eigenvalue weighted by atomic mass is 9.74. The van der Waals surface area contributed by atoms with Crippen molar-refractivity contribution < 1.29 is 9.53 Å². The number of hydrogen-bond acceptors (Lipinski definition) is 2. The number of benzene rings is 2. The van der Waals surface area contributed by atoms with Gasteiger partial charge in [0.1, 0.15) is 11.9 Å². The summed E-state index contributed by atoms with van der Waals surface area (Å²) in [7, 11) is 0. The Kier molecular flexibility index (Phi) is 5.17. The van der Waals surface area contributed by atoms with Crippen LogP contribution in [0.4, 0.5) is 0 Å². The van der Waals surface area contributed by atoms with Crippen LogP contribution in [0.25, 0.3) is 0 Å². The highest BCUT2D eigenvalue weighted by Crippen LogP contribution is 2.36. The molecule has 0 saturated carbocycles. The fourth-order valence-corrected chi connectivity index (χ4v) is 3.23. The van der Waals surface area contributed by atoms with Gasteiger partial charge in [-0.3, -0.25) is 4.79 Å². The van der Waals surface area contributed by atoms with Crippen molar-refractivity contribution in [2.24, 2.45) is 10.8 Å². The Hall–Kier alpha value is -2.09. The Bertz CT molecular complexity index is 657. The molecule has 0 N–H and O–H groups in total. The van der Waals surface area contributed by atoms with E-state index in [4.69, 9.17) is 4.74 Å². The van der Waals surface area contributed by atoms with E-state index in [9.17, 15) is 4.79 Å². The molecule has 24 heavy (non-hydrogen) atoms.